The van der Waals surface area contributed by atoms with Gasteiger partial charge in [0.25, 0.3) is 11.8 Å². The van der Waals surface area contributed by atoms with Gasteiger partial charge >= 0.3 is 5.97 Å². The molecule has 5 heteroatoms. The summed E-state index contributed by atoms with van der Waals surface area (Å²) in [6.45, 7) is 4.09. The molecule has 1 heterocycles. The fourth-order valence-electron chi connectivity index (χ4n) is 3.54. The maximum absolute atomic E-state index is 13.1. The Kier molecular flexibility index (Phi) is 4.89. The second-order valence-corrected chi connectivity index (χ2v) is 6.40. The molecule has 2 aromatic carbocycles. The minimum absolute atomic E-state index is 0.0150. The lowest BCUT2D eigenvalue weighted by Crippen LogP contribution is -2.31. The van der Waals surface area contributed by atoms with Gasteiger partial charge in [-0.25, -0.2) is 9.69 Å². The van der Waals surface area contributed by atoms with Crippen molar-refractivity contribution in [3.05, 3.63) is 64.2 Å². The number of para-hydroxylation sites is 1. The van der Waals surface area contributed by atoms with Gasteiger partial charge in [0.15, 0.2) is 0 Å². The summed E-state index contributed by atoms with van der Waals surface area (Å²) >= 11 is 0. The summed E-state index contributed by atoms with van der Waals surface area (Å²) < 4.78 is 0. The zero-order chi connectivity index (χ0) is 18.8. The number of imide groups is 1. The molecular formula is C21H21NO4. The molecule has 0 aliphatic carbocycles. The molecule has 0 spiro atoms. The predicted molar refractivity (Wildman–Crippen MR) is 99.0 cm³/mol. The van der Waals surface area contributed by atoms with Gasteiger partial charge in [-0.1, -0.05) is 51.0 Å². The summed E-state index contributed by atoms with van der Waals surface area (Å²) in [6.07, 6.45) is 3.25. The number of carbonyl (C=O) groups is 3. The first kappa shape index (κ1) is 17.9. The molecule has 2 aromatic rings. The fraction of sp³-hybridized carbons (Fsp3) is 0.286. The Morgan fingerprint density at radius 3 is 2.04 bits per heavy atom. The Hall–Kier alpha value is -2.95. The lowest BCUT2D eigenvalue weighted by Gasteiger charge is -2.22. The molecule has 1 aliphatic rings. The molecular weight excluding hydrogens is 330 g/mol. The summed E-state index contributed by atoms with van der Waals surface area (Å²) in [7, 11) is 0. The van der Waals surface area contributed by atoms with Crippen molar-refractivity contribution in [2.24, 2.45) is 0 Å². The number of carboxylic acid groups (broad SMARTS) is 1. The van der Waals surface area contributed by atoms with Gasteiger partial charge in [0.05, 0.1) is 22.4 Å². The molecule has 2 amide bonds. The summed E-state index contributed by atoms with van der Waals surface area (Å²) in [5, 5.41) is 9.41. The van der Waals surface area contributed by atoms with E-state index in [0.29, 0.717) is 5.69 Å². The van der Waals surface area contributed by atoms with E-state index in [2.05, 4.69) is 0 Å². The third-order valence-electron chi connectivity index (χ3n) is 4.61. The highest BCUT2D eigenvalue weighted by molar-refractivity contribution is 6.36. The van der Waals surface area contributed by atoms with E-state index in [1.807, 2.05) is 32.0 Å². The first-order valence-electron chi connectivity index (χ1n) is 8.87. The van der Waals surface area contributed by atoms with E-state index in [9.17, 15) is 19.5 Å². The van der Waals surface area contributed by atoms with E-state index >= 15 is 0 Å². The summed E-state index contributed by atoms with van der Waals surface area (Å²) in [4.78, 5) is 38.8. The van der Waals surface area contributed by atoms with Crippen molar-refractivity contribution in [2.75, 3.05) is 4.90 Å². The molecule has 0 saturated heterocycles. The molecule has 3 rings (SSSR count). The van der Waals surface area contributed by atoms with Gasteiger partial charge < -0.3 is 5.11 Å². The molecule has 0 radical (unpaired) electrons. The largest absolute Gasteiger partial charge is 0.478 e. The lowest BCUT2D eigenvalue weighted by atomic mass is 9.99. The van der Waals surface area contributed by atoms with Crippen LogP contribution in [-0.2, 0) is 12.8 Å². The third kappa shape index (κ3) is 2.79. The zero-order valence-corrected chi connectivity index (χ0v) is 14.9. The van der Waals surface area contributed by atoms with Crippen LogP contribution < -0.4 is 4.90 Å². The van der Waals surface area contributed by atoms with Gasteiger partial charge in [0.1, 0.15) is 0 Å². The Bertz CT molecular complexity index is 877. The van der Waals surface area contributed by atoms with Crippen LogP contribution in [0.15, 0.2) is 36.4 Å². The highest BCUT2D eigenvalue weighted by atomic mass is 16.4. The molecule has 1 aliphatic heterocycles. The van der Waals surface area contributed by atoms with E-state index in [1.54, 1.807) is 0 Å². The SMILES string of the molecule is CCCc1cccc(CCC)c1N1C(=O)c2cccc(C(=O)O)c2C1=O. The van der Waals surface area contributed by atoms with Crippen molar-refractivity contribution < 1.29 is 19.5 Å². The van der Waals surface area contributed by atoms with Gasteiger partial charge in [-0.3, -0.25) is 9.59 Å². The quantitative estimate of drug-likeness (QED) is 0.796. The molecule has 0 fully saturated rings. The van der Waals surface area contributed by atoms with Crippen LogP contribution >= 0.6 is 0 Å². The number of fused-ring (bicyclic) bond motifs is 1. The Balaban J connectivity index is 2.20. The number of carboxylic acids is 1. The Morgan fingerprint density at radius 2 is 1.50 bits per heavy atom. The smallest absolute Gasteiger partial charge is 0.336 e. The first-order valence-corrected chi connectivity index (χ1v) is 8.87. The van der Waals surface area contributed by atoms with Crippen molar-refractivity contribution in [3.8, 4) is 0 Å². The third-order valence-corrected chi connectivity index (χ3v) is 4.61. The standard InChI is InChI=1S/C21H21NO4/c1-3-7-13-9-5-10-14(8-4-2)18(13)22-19(23)15-11-6-12-16(21(25)26)17(15)20(22)24/h5-6,9-12H,3-4,7-8H2,1-2H3,(H,25,26). The minimum Gasteiger partial charge on any atom is -0.478 e. The average molecular weight is 351 g/mol. The van der Waals surface area contributed by atoms with Crippen LogP contribution in [-0.4, -0.2) is 22.9 Å². The number of aryl methyl sites for hydroxylation is 2. The van der Waals surface area contributed by atoms with Crippen LogP contribution in [0.25, 0.3) is 0 Å². The van der Waals surface area contributed by atoms with Crippen LogP contribution in [0.3, 0.4) is 0 Å². The number of amides is 2. The Morgan fingerprint density at radius 1 is 0.923 bits per heavy atom. The Labute approximate surface area is 152 Å². The van der Waals surface area contributed by atoms with Crippen molar-refractivity contribution in [2.45, 2.75) is 39.5 Å². The van der Waals surface area contributed by atoms with Crippen LogP contribution in [0, 0.1) is 0 Å². The van der Waals surface area contributed by atoms with Crippen LogP contribution in [0.5, 0.6) is 0 Å². The van der Waals surface area contributed by atoms with Gasteiger partial charge in [0, 0.05) is 0 Å². The van der Waals surface area contributed by atoms with Gasteiger partial charge in [0.2, 0.25) is 0 Å². The minimum atomic E-state index is -1.21. The monoisotopic (exact) mass is 351 g/mol. The molecule has 1 N–H and O–H groups in total. The van der Waals surface area contributed by atoms with Crippen molar-refractivity contribution >= 4 is 23.5 Å². The number of hydrogen-bond donors (Lipinski definition) is 1. The van der Waals surface area contributed by atoms with Gasteiger partial charge in [-0.2, -0.15) is 0 Å². The summed E-state index contributed by atoms with van der Waals surface area (Å²) in [6, 6.07) is 10.2. The predicted octanol–water partition coefficient (Wildman–Crippen LogP) is 4.09. The highest BCUT2D eigenvalue weighted by Gasteiger charge is 2.41. The van der Waals surface area contributed by atoms with E-state index in [1.165, 1.54) is 23.1 Å². The van der Waals surface area contributed by atoms with E-state index in [0.717, 1.165) is 36.8 Å². The molecule has 26 heavy (non-hydrogen) atoms. The van der Waals surface area contributed by atoms with Crippen LogP contribution in [0.4, 0.5) is 5.69 Å². The molecule has 0 aromatic heterocycles. The molecule has 134 valence electrons. The number of carbonyl (C=O) groups excluding carboxylic acids is 2. The maximum Gasteiger partial charge on any atom is 0.336 e. The van der Waals surface area contributed by atoms with E-state index in [4.69, 9.17) is 0 Å². The number of hydrogen-bond acceptors (Lipinski definition) is 3. The second-order valence-electron chi connectivity index (χ2n) is 6.40. The summed E-state index contributed by atoms with van der Waals surface area (Å²) in [5.74, 6) is -2.21. The zero-order valence-electron chi connectivity index (χ0n) is 14.9. The number of aromatic carboxylic acids is 1. The number of rotatable bonds is 6. The van der Waals surface area contributed by atoms with Crippen molar-refractivity contribution in [1.82, 2.24) is 0 Å². The maximum atomic E-state index is 13.1. The number of benzene rings is 2. The van der Waals surface area contributed by atoms with Crippen LogP contribution in [0.2, 0.25) is 0 Å². The van der Waals surface area contributed by atoms with Gasteiger partial charge in [-0.05, 0) is 36.1 Å². The molecule has 0 unspecified atom stereocenters. The molecule has 0 saturated carbocycles. The van der Waals surface area contributed by atoms with Crippen molar-refractivity contribution in [3.63, 3.8) is 0 Å². The van der Waals surface area contributed by atoms with E-state index in [-0.39, 0.29) is 16.7 Å². The topological polar surface area (TPSA) is 74.7 Å². The van der Waals surface area contributed by atoms with Crippen molar-refractivity contribution in [1.29, 1.82) is 0 Å². The second kappa shape index (κ2) is 7.12. The van der Waals surface area contributed by atoms with Crippen LogP contribution in [0.1, 0.15) is 68.9 Å². The molecule has 0 bridgehead atoms. The van der Waals surface area contributed by atoms with E-state index < -0.39 is 17.8 Å². The average Bonchev–Trinajstić information content (AvgIpc) is 2.87. The first-order chi connectivity index (χ1) is 12.5. The molecule has 0 atom stereocenters. The normalized spacial score (nSPS) is 13.2. The lowest BCUT2D eigenvalue weighted by molar-refractivity contribution is 0.0692. The highest BCUT2D eigenvalue weighted by Crippen LogP contribution is 2.36. The molecule has 5 nitrogen and oxygen atoms in total. The summed E-state index contributed by atoms with van der Waals surface area (Å²) in [5.41, 5.74) is 2.50. The fourth-order valence-corrected chi connectivity index (χ4v) is 3.54. The van der Waals surface area contributed by atoms with Gasteiger partial charge in [-0.15, -0.1) is 0 Å². The number of anilines is 1. The number of nitrogens with zero attached hydrogens (tertiary/aromatic N) is 1.